The number of hydrogen-bond acceptors (Lipinski definition) is 1. The highest BCUT2D eigenvalue weighted by Crippen LogP contribution is 2.09. The normalized spacial score (nSPS) is 10.2. The van der Waals surface area contributed by atoms with E-state index in [1.807, 2.05) is 0 Å². The van der Waals surface area contributed by atoms with Crippen molar-refractivity contribution in [3.05, 3.63) is 12.3 Å². The van der Waals surface area contributed by atoms with E-state index in [0.717, 1.165) is 13.0 Å². The van der Waals surface area contributed by atoms with Gasteiger partial charge in [-0.25, -0.2) is 0 Å². The van der Waals surface area contributed by atoms with Gasteiger partial charge in [-0.2, -0.15) is 0 Å². The third-order valence-electron chi connectivity index (χ3n) is 2.53. The molecule has 2 radical (unpaired) electrons. The Morgan fingerprint density at radius 1 is 1.00 bits per heavy atom. The van der Waals surface area contributed by atoms with E-state index in [0.29, 0.717) is 12.1 Å². The van der Waals surface area contributed by atoms with Gasteiger partial charge in [0.15, 0.2) is 0 Å². The molecule has 0 unspecified atom stereocenters. The maximum atomic E-state index is 5.36. The Bertz CT molecular complexity index is 145. The Kier molecular flexibility index (Phi) is 11.4. The van der Waals surface area contributed by atoms with Crippen molar-refractivity contribution >= 4 is 7.85 Å². The summed E-state index contributed by atoms with van der Waals surface area (Å²) in [6, 6.07) is 0. The molecule has 0 rings (SSSR count). The van der Waals surface area contributed by atoms with Gasteiger partial charge in [-0.3, -0.25) is 0 Å². The molecule has 0 amide bonds. The lowest BCUT2D eigenvalue weighted by Gasteiger charge is -2.06. The minimum Gasteiger partial charge on any atom is -0.499 e. The predicted molar refractivity (Wildman–Crippen MR) is 68.3 cm³/mol. The standard InChI is InChI=1S/C13H25BO/c1-3-4-5-6-7-8-9-10-11-15-13(2)12-14/h2-12H2,1H3. The third-order valence-corrected chi connectivity index (χ3v) is 2.53. The Morgan fingerprint density at radius 2 is 1.53 bits per heavy atom. The quantitative estimate of drug-likeness (QED) is 0.280. The lowest BCUT2D eigenvalue weighted by Crippen LogP contribution is -1.93. The van der Waals surface area contributed by atoms with Gasteiger partial charge in [-0.05, 0) is 12.7 Å². The molecule has 0 saturated heterocycles. The number of allylic oxidation sites excluding steroid dienone is 1. The first-order valence-corrected chi connectivity index (χ1v) is 6.32. The molecule has 0 saturated carbocycles. The van der Waals surface area contributed by atoms with E-state index in [1.54, 1.807) is 0 Å². The van der Waals surface area contributed by atoms with Crippen molar-refractivity contribution in [3.63, 3.8) is 0 Å². The Labute approximate surface area is 96.7 Å². The van der Waals surface area contributed by atoms with Crippen molar-refractivity contribution < 1.29 is 4.74 Å². The highest BCUT2D eigenvalue weighted by molar-refractivity contribution is 6.09. The van der Waals surface area contributed by atoms with Crippen LogP contribution in [-0.2, 0) is 4.74 Å². The van der Waals surface area contributed by atoms with Gasteiger partial charge in [0.05, 0.1) is 20.2 Å². The fourth-order valence-corrected chi connectivity index (χ4v) is 1.51. The van der Waals surface area contributed by atoms with Gasteiger partial charge in [0.1, 0.15) is 0 Å². The van der Waals surface area contributed by atoms with Gasteiger partial charge >= 0.3 is 0 Å². The molecule has 0 aromatic rings. The zero-order valence-electron chi connectivity index (χ0n) is 10.3. The summed E-state index contributed by atoms with van der Waals surface area (Å²) >= 11 is 0. The number of unbranched alkanes of at least 4 members (excludes halogenated alkanes) is 7. The van der Waals surface area contributed by atoms with Crippen LogP contribution in [0.2, 0.25) is 6.32 Å². The number of ether oxygens (including phenoxy) is 1. The first kappa shape index (κ1) is 14.6. The average molecular weight is 208 g/mol. The fraction of sp³-hybridized carbons (Fsp3) is 0.846. The monoisotopic (exact) mass is 208 g/mol. The van der Waals surface area contributed by atoms with Crippen molar-refractivity contribution in [1.29, 1.82) is 0 Å². The molecule has 1 nitrogen and oxygen atoms in total. The van der Waals surface area contributed by atoms with Crippen LogP contribution in [0.1, 0.15) is 58.3 Å². The van der Waals surface area contributed by atoms with Crippen LogP contribution in [0.15, 0.2) is 12.3 Å². The van der Waals surface area contributed by atoms with Crippen LogP contribution in [-0.4, -0.2) is 14.5 Å². The molecule has 0 aliphatic carbocycles. The highest BCUT2D eigenvalue weighted by atomic mass is 16.5. The summed E-state index contributed by atoms with van der Waals surface area (Å²) < 4.78 is 5.32. The predicted octanol–water partition coefficient (Wildman–Crippen LogP) is 4.24. The van der Waals surface area contributed by atoms with Gasteiger partial charge in [0.25, 0.3) is 0 Å². The summed E-state index contributed by atoms with van der Waals surface area (Å²) in [7, 11) is 5.36. The zero-order valence-corrected chi connectivity index (χ0v) is 10.3. The zero-order chi connectivity index (χ0) is 11.4. The average Bonchev–Trinajstić information content (AvgIpc) is 2.26. The molecule has 2 heteroatoms. The van der Waals surface area contributed by atoms with Crippen molar-refractivity contribution in [3.8, 4) is 0 Å². The Balaban J connectivity index is 2.95. The van der Waals surface area contributed by atoms with Crippen molar-refractivity contribution in [2.75, 3.05) is 6.61 Å². The van der Waals surface area contributed by atoms with Gasteiger partial charge in [0, 0.05) is 0 Å². The lowest BCUT2D eigenvalue weighted by atomic mass is 10.0. The molecule has 0 aromatic carbocycles. The Hall–Kier alpha value is -0.395. The summed E-state index contributed by atoms with van der Waals surface area (Å²) in [5.74, 6) is 0.706. The Morgan fingerprint density at radius 3 is 2.07 bits per heavy atom. The molecule has 15 heavy (non-hydrogen) atoms. The molecule has 0 spiro atoms. The van der Waals surface area contributed by atoms with E-state index in [1.165, 1.54) is 44.9 Å². The SMILES string of the molecule is [B]CC(=C)OCCCCCCCCCC. The van der Waals surface area contributed by atoms with E-state index in [9.17, 15) is 0 Å². The number of rotatable bonds is 11. The first-order valence-electron chi connectivity index (χ1n) is 6.32. The van der Waals surface area contributed by atoms with Crippen LogP contribution in [0.25, 0.3) is 0 Å². The minimum atomic E-state index is 0.441. The molecule has 0 aliphatic rings. The third kappa shape index (κ3) is 11.5. The maximum absolute atomic E-state index is 5.36. The molecule has 0 N–H and O–H groups in total. The topological polar surface area (TPSA) is 9.23 Å². The molecule has 0 atom stereocenters. The molecule has 86 valence electrons. The van der Waals surface area contributed by atoms with Crippen LogP contribution < -0.4 is 0 Å². The molecular formula is C13H25BO. The van der Waals surface area contributed by atoms with E-state index in [4.69, 9.17) is 12.6 Å². The molecular weight excluding hydrogens is 183 g/mol. The minimum absolute atomic E-state index is 0.441. The van der Waals surface area contributed by atoms with Gasteiger partial charge in [-0.15, -0.1) is 0 Å². The second-order valence-corrected chi connectivity index (χ2v) is 4.07. The summed E-state index contributed by atoms with van der Waals surface area (Å²) in [6.45, 7) is 6.73. The molecule has 0 aromatic heterocycles. The summed E-state index contributed by atoms with van der Waals surface area (Å²) in [5, 5.41) is 0. The lowest BCUT2D eigenvalue weighted by molar-refractivity contribution is 0.208. The van der Waals surface area contributed by atoms with Gasteiger partial charge < -0.3 is 4.74 Å². The smallest absolute Gasteiger partial charge is 0.0876 e. The van der Waals surface area contributed by atoms with Crippen molar-refractivity contribution in [1.82, 2.24) is 0 Å². The van der Waals surface area contributed by atoms with Gasteiger partial charge in [0.2, 0.25) is 0 Å². The van der Waals surface area contributed by atoms with Crippen molar-refractivity contribution in [2.45, 2.75) is 64.6 Å². The second-order valence-electron chi connectivity index (χ2n) is 4.07. The number of hydrogen-bond donors (Lipinski definition) is 0. The van der Waals surface area contributed by atoms with E-state index in [-0.39, 0.29) is 0 Å². The van der Waals surface area contributed by atoms with E-state index >= 15 is 0 Å². The summed E-state index contributed by atoms with van der Waals surface area (Å²) in [4.78, 5) is 0. The van der Waals surface area contributed by atoms with E-state index < -0.39 is 0 Å². The second kappa shape index (κ2) is 11.7. The van der Waals surface area contributed by atoms with Crippen LogP contribution in [0.3, 0.4) is 0 Å². The van der Waals surface area contributed by atoms with Crippen LogP contribution in [0, 0.1) is 0 Å². The summed E-state index contributed by atoms with van der Waals surface area (Å²) in [6.07, 6.45) is 11.1. The largest absolute Gasteiger partial charge is 0.499 e. The molecule has 0 heterocycles. The summed E-state index contributed by atoms with van der Waals surface area (Å²) in [5.41, 5.74) is 0. The fourth-order valence-electron chi connectivity index (χ4n) is 1.51. The van der Waals surface area contributed by atoms with Crippen LogP contribution in [0.4, 0.5) is 0 Å². The highest BCUT2D eigenvalue weighted by Gasteiger charge is 1.93. The van der Waals surface area contributed by atoms with Crippen LogP contribution in [0.5, 0.6) is 0 Å². The van der Waals surface area contributed by atoms with E-state index in [2.05, 4.69) is 13.5 Å². The molecule has 0 aliphatic heterocycles. The van der Waals surface area contributed by atoms with Gasteiger partial charge in [-0.1, -0.05) is 58.4 Å². The van der Waals surface area contributed by atoms with Crippen LogP contribution >= 0.6 is 0 Å². The maximum Gasteiger partial charge on any atom is 0.0876 e. The molecule has 0 fully saturated rings. The first-order chi connectivity index (χ1) is 7.31. The van der Waals surface area contributed by atoms with Crippen molar-refractivity contribution in [2.24, 2.45) is 0 Å². The molecule has 0 bridgehead atoms.